The molecule has 0 saturated carbocycles. The number of ketones is 1. The molecule has 7 heteroatoms. The molecule has 0 aliphatic rings. The fourth-order valence-corrected chi connectivity index (χ4v) is 2.94. The Kier molecular flexibility index (Phi) is 5.52. The van der Waals surface area contributed by atoms with Gasteiger partial charge in [-0.15, -0.1) is 5.10 Å². The molecule has 0 amide bonds. The number of rotatable bonds is 6. The highest BCUT2D eigenvalue weighted by Gasteiger charge is 2.20. The Morgan fingerprint density at radius 2 is 1.95 bits per heavy atom. The van der Waals surface area contributed by atoms with Crippen LogP contribution in [0.5, 0.6) is 0 Å². The zero-order valence-electron chi connectivity index (χ0n) is 12.2. The number of halogens is 1. The molecule has 2 aromatic rings. The molecule has 0 aliphatic heterocycles. The summed E-state index contributed by atoms with van der Waals surface area (Å²) in [6.07, 6.45) is 0. The molecule has 1 atom stereocenters. The lowest BCUT2D eigenvalue weighted by Crippen LogP contribution is -2.15. The molecule has 1 aromatic heterocycles. The first kappa shape index (κ1) is 16.2. The van der Waals surface area contributed by atoms with Crippen LogP contribution in [0.25, 0.3) is 0 Å². The highest BCUT2D eigenvalue weighted by atomic mass is 79.9. The average molecular weight is 369 g/mol. The highest BCUT2D eigenvalue weighted by molar-refractivity contribution is 9.10. The molecule has 2 rings (SSSR count). The topological polar surface area (TPSA) is 60.7 Å². The fraction of sp³-hybridized carbons (Fsp3) is 0.429. The van der Waals surface area contributed by atoms with Crippen molar-refractivity contribution in [3.05, 3.63) is 34.3 Å². The van der Waals surface area contributed by atoms with Crippen LogP contribution in [0.3, 0.4) is 0 Å². The number of hydrogen-bond donors (Lipinski definition) is 0. The number of thioether (sulfide) groups is 1. The van der Waals surface area contributed by atoms with E-state index in [1.165, 1.54) is 11.8 Å². The van der Waals surface area contributed by atoms with E-state index in [0.717, 1.165) is 11.0 Å². The summed E-state index contributed by atoms with van der Waals surface area (Å²) < 4.78 is 2.71. The van der Waals surface area contributed by atoms with E-state index in [0.29, 0.717) is 16.6 Å². The first-order chi connectivity index (χ1) is 9.97. The van der Waals surface area contributed by atoms with Crippen molar-refractivity contribution in [3.63, 3.8) is 0 Å². The summed E-state index contributed by atoms with van der Waals surface area (Å²) in [4.78, 5) is 12.4. The number of carbonyl (C=O) groups excluding carboxylic acids is 1. The van der Waals surface area contributed by atoms with Crippen LogP contribution in [0.4, 0.5) is 0 Å². The van der Waals surface area contributed by atoms with Gasteiger partial charge in [0.1, 0.15) is 0 Å². The Balaban J connectivity index is 2.07. The van der Waals surface area contributed by atoms with Crippen LogP contribution in [0.15, 0.2) is 33.9 Å². The minimum absolute atomic E-state index is 0.0756. The third kappa shape index (κ3) is 4.38. The second-order valence-electron chi connectivity index (χ2n) is 5.17. The highest BCUT2D eigenvalue weighted by Crippen LogP contribution is 2.24. The number of hydrogen-bond acceptors (Lipinski definition) is 5. The molecule has 0 spiro atoms. The van der Waals surface area contributed by atoms with E-state index in [-0.39, 0.29) is 11.0 Å². The predicted molar refractivity (Wildman–Crippen MR) is 86.4 cm³/mol. The van der Waals surface area contributed by atoms with E-state index < -0.39 is 0 Å². The predicted octanol–water partition coefficient (Wildman–Crippen LogP) is 3.46. The van der Waals surface area contributed by atoms with E-state index in [9.17, 15) is 4.79 Å². The first-order valence-corrected chi connectivity index (χ1v) is 8.37. The molecule has 112 valence electrons. The van der Waals surface area contributed by atoms with Crippen molar-refractivity contribution in [1.29, 1.82) is 0 Å². The molecule has 0 bridgehead atoms. The molecule has 0 aliphatic carbocycles. The van der Waals surface area contributed by atoms with Gasteiger partial charge in [-0.3, -0.25) is 4.79 Å². The zero-order chi connectivity index (χ0) is 15.4. The number of nitrogens with zero attached hydrogens (tertiary/aromatic N) is 4. The monoisotopic (exact) mass is 368 g/mol. The Morgan fingerprint density at radius 3 is 2.57 bits per heavy atom. The molecule has 21 heavy (non-hydrogen) atoms. The van der Waals surface area contributed by atoms with Crippen LogP contribution in [0.1, 0.15) is 31.1 Å². The number of benzene rings is 1. The van der Waals surface area contributed by atoms with Crippen LogP contribution < -0.4 is 0 Å². The van der Waals surface area contributed by atoms with Gasteiger partial charge in [-0.05, 0) is 35.4 Å². The lowest BCUT2D eigenvalue weighted by molar-refractivity contribution is 0.0994. The first-order valence-electron chi connectivity index (χ1n) is 6.70. The van der Waals surface area contributed by atoms with Gasteiger partial charge in [0.15, 0.2) is 5.78 Å². The summed E-state index contributed by atoms with van der Waals surface area (Å²) >= 11 is 4.76. The summed E-state index contributed by atoms with van der Waals surface area (Å²) in [7, 11) is 0. The van der Waals surface area contributed by atoms with Crippen molar-refractivity contribution in [2.24, 2.45) is 5.92 Å². The summed E-state index contributed by atoms with van der Waals surface area (Å²) in [5.74, 6) is 0.525. The van der Waals surface area contributed by atoms with Crippen LogP contribution in [0.2, 0.25) is 0 Å². The zero-order valence-corrected chi connectivity index (χ0v) is 14.6. The molecule has 0 fully saturated rings. The van der Waals surface area contributed by atoms with Crippen molar-refractivity contribution in [3.8, 4) is 0 Å². The molecule has 5 nitrogen and oxygen atoms in total. The SMILES string of the molecule is CC(C)Cn1nnnc1S[C@H](C)C(=O)c1ccc(Br)cc1. The van der Waals surface area contributed by atoms with E-state index in [1.807, 2.05) is 31.2 Å². The van der Waals surface area contributed by atoms with Gasteiger partial charge in [-0.2, -0.15) is 0 Å². The van der Waals surface area contributed by atoms with Crippen molar-refractivity contribution in [2.75, 3.05) is 0 Å². The van der Waals surface area contributed by atoms with Crippen molar-refractivity contribution >= 4 is 33.5 Å². The standard InChI is InChI=1S/C14H17BrN4OS/c1-9(2)8-19-14(16-17-18-19)21-10(3)13(20)11-4-6-12(15)7-5-11/h4-7,9-10H,8H2,1-3H3/t10-/m1/s1. The minimum Gasteiger partial charge on any atom is -0.293 e. The van der Waals surface area contributed by atoms with Crippen LogP contribution in [0, 0.1) is 5.92 Å². The number of aromatic nitrogens is 4. The maximum atomic E-state index is 12.4. The van der Waals surface area contributed by atoms with Gasteiger partial charge >= 0.3 is 0 Å². The van der Waals surface area contributed by atoms with E-state index >= 15 is 0 Å². The fourth-order valence-electron chi connectivity index (χ4n) is 1.80. The van der Waals surface area contributed by atoms with Crippen LogP contribution in [-0.2, 0) is 6.54 Å². The maximum absolute atomic E-state index is 12.4. The van der Waals surface area contributed by atoms with Gasteiger partial charge in [0.25, 0.3) is 0 Å². The number of carbonyl (C=O) groups is 1. The number of tetrazole rings is 1. The Labute approximate surface area is 136 Å². The van der Waals surface area contributed by atoms with E-state index in [2.05, 4.69) is 45.3 Å². The largest absolute Gasteiger partial charge is 0.293 e. The van der Waals surface area contributed by atoms with Gasteiger partial charge < -0.3 is 0 Å². The Bertz CT molecular complexity index is 612. The van der Waals surface area contributed by atoms with E-state index in [1.54, 1.807) is 4.68 Å². The molecule has 1 aromatic carbocycles. The van der Waals surface area contributed by atoms with Gasteiger partial charge in [-0.25, -0.2) is 4.68 Å². The second-order valence-corrected chi connectivity index (χ2v) is 7.39. The summed E-state index contributed by atoms with van der Waals surface area (Å²) in [5.41, 5.74) is 0.695. The van der Waals surface area contributed by atoms with Crippen molar-refractivity contribution in [2.45, 2.75) is 37.7 Å². The number of Topliss-reactive ketones (excluding diaryl/α,β-unsaturated/α-hetero) is 1. The molecular weight excluding hydrogens is 352 g/mol. The summed E-state index contributed by atoms with van der Waals surface area (Å²) in [6.45, 7) is 6.83. The van der Waals surface area contributed by atoms with Gasteiger partial charge in [0, 0.05) is 16.6 Å². The third-order valence-corrected chi connectivity index (χ3v) is 4.42. The summed E-state index contributed by atoms with van der Waals surface area (Å²) in [5, 5.41) is 12.1. The lowest BCUT2D eigenvalue weighted by Gasteiger charge is -2.11. The van der Waals surface area contributed by atoms with Crippen molar-refractivity contribution < 1.29 is 4.79 Å². The van der Waals surface area contributed by atoms with Gasteiger partial charge in [0.2, 0.25) is 5.16 Å². The normalized spacial score (nSPS) is 12.6. The molecule has 0 N–H and O–H groups in total. The minimum atomic E-state index is -0.233. The summed E-state index contributed by atoms with van der Waals surface area (Å²) in [6, 6.07) is 7.38. The second kappa shape index (κ2) is 7.17. The van der Waals surface area contributed by atoms with Gasteiger partial charge in [-0.1, -0.05) is 53.7 Å². The Morgan fingerprint density at radius 1 is 1.29 bits per heavy atom. The molecule has 0 saturated heterocycles. The van der Waals surface area contributed by atoms with Gasteiger partial charge in [0.05, 0.1) is 5.25 Å². The smallest absolute Gasteiger partial charge is 0.210 e. The van der Waals surface area contributed by atoms with Crippen molar-refractivity contribution in [1.82, 2.24) is 20.2 Å². The molecule has 0 unspecified atom stereocenters. The quantitative estimate of drug-likeness (QED) is 0.577. The molecule has 1 heterocycles. The molecule has 0 radical (unpaired) electrons. The maximum Gasteiger partial charge on any atom is 0.210 e. The van der Waals surface area contributed by atoms with E-state index in [4.69, 9.17) is 0 Å². The lowest BCUT2D eigenvalue weighted by atomic mass is 10.1. The average Bonchev–Trinajstić information content (AvgIpc) is 2.85. The third-order valence-electron chi connectivity index (χ3n) is 2.82. The Hall–Kier alpha value is -1.21. The van der Waals surface area contributed by atoms with Crippen LogP contribution >= 0.6 is 27.7 Å². The molecular formula is C14H17BrN4OS. The van der Waals surface area contributed by atoms with Crippen LogP contribution in [-0.4, -0.2) is 31.2 Å².